The Hall–Kier alpha value is -0.790. The lowest BCUT2D eigenvalue weighted by molar-refractivity contribution is -0.144. The summed E-state index contributed by atoms with van der Waals surface area (Å²) >= 11 is 0. The first-order valence-electron chi connectivity index (χ1n) is 5.02. The molecule has 0 aromatic carbocycles. The van der Waals surface area contributed by atoms with Crippen LogP contribution in [0.15, 0.2) is 12.2 Å². The molecule has 0 spiro atoms. The molecule has 0 radical (unpaired) electrons. The molecule has 0 saturated heterocycles. The van der Waals surface area contributed by atoms with Crippen LogP contribution in [-0.4, -0.2) is 11.1 Å². The molecule has 4 atom stereocenters. The second-order valence-electron chi connectivity index (χ2n) is 4.63. The van der Waals surface area contributed by atoms with Crippen LogP contribution in [0.25, 0.3) is 0 Å². The van der Waals surface area contributed by atoms with Crippen LogP contribution in [0.5, 0.6) is 0 Å². The Labute approximate surface area is 78.6 Å². The second kappa shape index (κ2) is 2.86. The summed E-state index contributed by atoms with van der Waals surface area (Å²) in [6.45, 7) is 4.27. The van der Waals surface area contributed by atoms with Crippen molar-refractivity contribution in [2.75, 3.05) is 0 Å². The molecule has 13 heavy (non-hydrogen) atoms. The Morgan fingerprint density at radius 3 is 2.46 bits per heavy atom. The fourth-order valence-electron chi connectivity index (χ4n) is 3.12. The van der Waals surface area contributed by atoms with E-state index >= 15 is 0 Å². The van der Waals surface area contributed by atoms with Crippen LogP contribution >= 0.6 is 0 Å². The minimum absolute atomic E-state index is 0.116. The van der Waals surface area contributed by atoms with Gasteiger partial charge in [-0.15, -0.1) is 0 Å². The molecule has 1 fully saturated rings. The van der Waals surface area contributed by atoms with Crippen molar-refractivity contribution in [1.29, 1.82) is 0 Å². The molecule has 1 saturated carbocycles. The average molecular weight is 180 g/mol. The van der Waals surface area contributed by atoms with Crippen LogP contribution in [0.4, 0.5) is 0 Å². The number of carboxylic acid groups (broad SMARTS) is 1. The van der Waals surface area contributed by atoms with Gasteiger partial charge in [-0.05, 0) is 30.1 Å². The van der Waals surface area contributed by atoms with Crippen LogP contribution in [0, 0.1) is 29.6 Å². The number of fused-ring (bicyclic) bond motifs is 2. The first-order chi connectivity index (χ1) is 6.11. The van der Waals surface area contributed by atoms with E-state index in [1.807, 2.05) is 0 Å². The lowest BCUT2D eigenvalue weighted by Gasteiger charge is -2.27. The number of allylic oxidation sites excluding steroid dienone is 2. The lowest BCUT2D eigenvalue weighted by Crippen LogP contribution is -2.30. The summed E-state index contributed by atoms with van der Waals surface area (Å²) in [6.07, 6.45) is 5.39. The van der Waals surface area contributed by atoms with E-state index in [2.05, 4.69) is 26.0 Å². The average Bonchev–Trinajstić information content (AvgIpc) is 2.60. The summed E-state index contributed by atoms with van der Waals surface area (Å²) in [5.74, 6) is 0.986. The van der Waals surface area contributed by atoms with Crippen molar-refractivity contribution in [2.45, 2.75) is 20.3 Å². The molecule has 0 aromatic rings. The van der Waals surface area contributed by atoms with E-state index in [1.165, 1.54) is 0 Å². The van der Waals surface area contributed by atoms with E-state index in [9.17, 15) is 4.79 Å². The summed E-state index contributed by atoms with van der Waals surface area (Å²) < 4.78 is 0. The lowest BCUT2D eigenvalue weighted by atomic mass is 9.76. The van der Waals surface area contributed by atoms with Crippen LogP contribution < -0.4 is 0 Å². The van der Waals surface area contributed by atoms with Crippen molar-refractivity contribution >= 4 is 5.97 Å². The van der Waals surface area contributed by atoms with Gasteiger partial charge in [0.05, 0.1) is 5.92 Å². The summed E-state index contributed by atoms with van der Waals surface area (Å²) in [7, 11) is 0. The first-order valence-corrected chi connectivity index (χ1v) is 5.02. The summed E-state index contributed by atoms with van der Waals surface area (Å²) in [5.41, 5.74) is 0. The number of rotatable bonds is 2. The molecule has 2 aliphatic carbocycles. The highest BCUT2D eigenvalue weighted by atomic mass is 16.4. The Bertz CT molecular complexity index is 255. The summed E-state index contributed by atoms with van der Waals surface area (Å²) in [4.78, 5) is 11.1. The zero-order valence-electron chi connectivity index (χ0n) is 8.10. The number of aliphatic carboxylic acids is 1. The molecular formula is C11H16O2. The van der Waals surface area contributed by atoms with Gasteiger partial charge in [-0.25, -0.2) is 0 Å². The Morgan fingerprint density at radius 1 is 1.38 bits per heavy atom. The predicted molar refractivity (Wildman–Crippen MR) is 50.2 cm³/mol. The van der Waals surface area contributed by atoms with E-state index < -0.39 is 5.97 Å². The molecule has 2 nitrogen and oxygen atoms in total. The zero-order chi connectivity index (χ0) is 9.59. The molecule has 2 heteroatoms. The maximum atomic E-state index is 11.1. The van der Waals surface area contributed by atoms with Gasteiger partial charge in [0.1, 0.15) is 0 Å². The van der Waals surface area contributed by atoms with Gasteiger partial charge in [0.2, 0.25) is 0 Å². The maximum absolute atomic E-state index is 11.1. The normalized spacial score (nSPS) is 41.8. The van der Waals surface area contributed by atoms with Gasteiger partial charge in [-0.2, -0.15) is 0 Å². The van der Waals surface area contributed by atoms with Crippen LogP contribution in [-0.2, 0) is 4.79 Å². The van der Waals surface area contributed by atoms with E-state index in [0.29, 0.717) is 23.7 Å². The van der Waals surface area contributed by atoms with Crippen molar-refractivity contribution in [2.24, 2.45) is 29.6 Å². The Morgan fingerprint density at radius 2 is 2.00 bits per heavy atom. The van der Waals surface area contributed by atoms with E-state index in [4.69, 9.17) is 5.11 Å². The fourth-order valence-corrected chi connectivity index (χ4v) is 3.12. The third-order valence-corrected chi connectivity index (χ3v) is 3.58. The van der Waals surface area contributed by atoms with Gasteiger partial charge < -0.3 is 5.11 Å². The van der Waals surface area contributed by atoms with Crippen molar-refractivity contribution in [1.82, 2.24) is 0 Å². The minimum atomic E-state index is -0.601. The molecule has 0 amide bonds. The van der Waals surface area contributed by atoms with Crippen molar-refractivity contribution in [3.63, 3.8) is 0 Å². The number of hydrogen-bond acceptors (Lipinski definition) is 1. The van der Waals surface area contributed by atoms with E-state index in [0.717, 1.165) is 6.42 Å². The van der Waals surface area contributed by atoms with Gasteiger partial charge in [-0.1, -0.05) is 26.0 Å². The predicted octanol–water partition coefficient (Wildman–Crippen LogP) is 2.17. The first kappa shape index (κ1) is 8.79. The summed E-state index contributed by atoms with van der Waals surface area (Å²) in [5, 5.41) is 9.12. The molecule has 2 aliphatic rings. The molecule has 0 aliphatic heterocycles. The van der Waals surface area contributed by atoms with E-state index in [-0.39, 0.29) is 5.92 Å². The van der Waals surface area contributed by atoms with Gasteiger partial charge >= 0.3 is 5.97 Å². The SMILES string of the molecule is CC(C)C1C2C=CC(C2)[C@@H]1C(=O)O. The Kier molecular flexibility index (Phi) is 1.94. The molecular weight excluding hydrogens is 164 g/mol. The number of hydrogen-bond donors (Lipinski definition) is 1. The molecule has 1 N–H and O–H groups in total. The quantitative estimate of drug-likeness (QED) is 0.661. The van der Waals surface area contributed by atoms with Gasteiger partial charge in [0, 0.05) is 0 Å². The van der Waals surface area contributed by atoms with Crippen LogP contribution in [0.3, 0.4) is 0 Å². The molecule has 3 unspecified atom stereocenters. The maximum Gasteiger partial charge on any atom is 0.307 e. The van der Waals surface area contributed by atoms with Crippen molar-refractivity contribution in [3.05, 3.63) is 12.2 Å². The highest BCUT2D eigenvalue weighted by Gasteiger charge is 2.49. The van der Waals surface area contributed by atoms with Crippen LogP contribution in [0.1, 0.15) is 20.3 Å². The van der Waals surface area contributed by atoms with Gasteiger partial charge in [0.15, 0.2) is 0 Å². The third kappa shape index (κ3) is 1.19. The zero-order valence-corrected chi connectivity index (χ0v) is 8.10. The third-order valence-electron chi connectivity index (χ3n) is 3.58. The largest absolute Gasteiger partial charge is 0.481 e. The number of carbonyl (C=O) groups is 1. The molecule has 0 heterocycles. The molecule has 72 valence electrons. The molecule has 2 rings (SSSR count). The smallest absolute Gasteiger partial charge is 0.307 e. The van der Waals surface area contributed by atoms with E-state index in [1.54, 1.807) is 0 Å². The second-order valence-corrected chi connectivity index (χ2v) is 4.63. The summed E-state index contributed by atoms with van der Waals surface area (Å²) in [6, 6.07) is 0. The molecule has 0 aromatic heterocycles. The topological polar surface area (TPSA) is 37.3 Å². The Balaban J connectivity index is 2.25. The van der Waals surface area contributed by atoms with Crippen molar-refractivity contribution in [3.8, 4) is 0 Å². The van der Waals surface area contributed by atoms with Gasteiger partial charge in [-0.3, -0.25) is 4.79 Å². The fraction of sp³-hybridized carbons (Fsp3) is 0.727. The monoisotopic (exact) mass is 180 g/mol. The minimum Gasteiger partial charge on any atom is -0.481 e. The van der Waals surface area contributed by atoms with Crippen LogP contribution in [0.2, 0.25) is 0 Å². The van der Waals surface area contributed by atoms with Crippen molar-refractivity contribution < 1.29 is 9.90 Å². The highest BCUT2D eigenvalue weighted by molar-refractivity contribution is 5.72. The number of carboxylic acids is 1. The van der Waals surface area contributed by atoms with Gasteiger partial charge in [0.25, 0.3) is 0 Å². The standard InChI is InChI=1S/C11H16O2/c1-6(2)9-7-3-4-8(5-7)10(9)11(12)13/h3-4,6-10H,5H2,1-2H3,(H,12,13)/t7?,8?,9?,10-/m0/s1. The molecule has 2 bridgehead atoms. The highest BCUT2D eigenvalue weighted by Crippen LogP contribution is 2.50.